The Morgan fingerprint density at radius 2 is 1.48 bits per heavy atom. The highest BCUT2D eigenvalue weighted by atomic mass is 16.6. The van der Waals surface area contributed by atoms with Crippen LogP contribution in [0, 0.1) is 0 Å². The predicted molar refractivity (Wildman–Crippen MR) is 90.4 cm³/mol. The van der Waals surface area contributed by atoms with E-state index in [4.69, 9.17) is 14.7 Å². The fourth-order valence-electron chi connectivity index (χ4n) is 1.96. The summed E-state index contributed by atoms with van der Waals surface area (Å²) in [6, 6.07) is 17.4. The highest BCUT2D eigenvalue weighted by Crippen LogP contribution is 2.01. The molecule has 132 valence electrons. The zero-order chi connectivity index (χ0) is 17.9. The van der Waals surface area contributed by atoms with Crippen molar-refractivity contribution in [3.05, 3.63) is 71.8 Å². The maximum absolute atomic E-state index is 11.7. The van der Waals surface area contributed by atoms with Gasteiger partial charge >= 0.3 is 12.1 Å². The third-order valence-electron chi connectivity index (χ3n) is 3.27. The number of alkyl carbamates (subject to hydrolysis) is 1. The molecule has 0 spiro atoms. The summed E-state index contributed by atoms with van der Waals surface area (Å²) in [6.45, 7) is 0.255. The second-order valence-electron chi connectivity index (χ2n) is 5.22. The summed E-state index contributed by atoms with van der Waals surface area (Å²) in [6.07, 6.45) is -0.805. The van der Waals surface area contributed by atoms with Crippen LogP contribution in [0.2, 0.25) is 0 Å². The van der Waals surface area contributed by atoms with Gasteiger partial charge < -0.3 is 15.2 Å². The maximum atomic E-state index is 11.7. The Morgan fingerprint density at radius 1 is 0.920 bits per heavy atom. The monoisotopic (exact) mass is 344 g/mol. The first-order valence-corrected chi connectivity index (χ1v) is 7.74. The molecule has 25 heavy (non-hydrogen) atoms. The number of ether oxygens (including phenoxy) is 1. The molecule has 1 amide bonds. The number of benzene rings is 2. The summed E-state index contributed by atoms with van der Waals surface area (Å²) in [5.74, 6) is -1.19. The molecular formula is C18H20N2O5. The second-order valence-corrected chi connectivity index (χ2v) is 5.22. The smallest absolute Gasteiger partial charge is 0.408 e. The number of carboxylic acid groups (broad SMARTS) is 1. The molecule has 0 radical (unpaired) electrons. The van der Waals surface area contributed by atoms with Gasteiger partial charge in [0.1, 0.15) is 12.6 Å². The van der Waals surface area contributed by atoms with E-state index in [1.54, 1.807) is 12.1 Å². The predicted octanol–water partition coefficient (Wildman–Crippen LogP) is 2.09. The summed E-state index contributed by atoms with van der Waals surface area (Å²) in [4.78, 5) is 28.1. The Labute approximate surface area is 145 Å². The molecule has 2 rings (SSSR count). The van der Waals surface area contributed by atoms with Gasteiger partial charge in [0.25, 0.3) is 0 Å². The highest BCUT2D eigenvalue weighted by molar-refractivity contribution is 5.80. The maximum Gasteiger partial charge on any atom is 0.408 e. The van der Waals surface area contributed by atoms with E-state index in [-0.39, 0.29) is 19.8 Å². The van der Waals surface area contributed by atoms with Crippen LogP contribution in [0.3, 0.4) is 0 Å². The summed E-state index contributed by atoms with van der Waals surface area (Å²) < 4.78 is 5.00. The van der Waals surface area contributed by atoms with Gasteiger partial charge in [0.2, 0.25) is 0 Å². The third kappa shape index (κ3) is 7.03. The van der Waals surface area contributed by atoms with E-state index in [0.717, 1.165) is 11.1 Å². The fraction of sp³-hybridized carbons (Fsp3) is 0.222. The lowest BCUT2D eigenvalue weighted by molar-refractivity contribution is -0.140. The van der Waals surface area contributed by atoms with Crippen LogP contribution in [0.1, 0.15) is 11.1 Å². The van der Waals surface area contributed by atoms with E-state index < -0.39 is 18.1 Å². The van der Waals surface area contributed by atoms with Gasteiger partial charge in [0, 0.05) is 0 Å². The van der Waals surface area contributed by atoms with Gasteiger partial charge in [-0.05, 0) is 11.1 Å². The van der Waals surface area contributed by atoms with Crippen LogP contribution in [0.25, 0.3) is 0 Å². The summed E-state index contributed by atoms with van der Waals surface area (Å²) in [5, 5.41) is 11.4. The third-order valence-corrected chi connectivity index (χ3v) is 3.27. The van der Waals surface area contributed by atoms with Crippen LogP contribution in [0.4, 0.5) is 4.79 Å². The molecule has 2 aromatic carbocycles. The zero-order valence-electron chi connectivity index (χ0n) is 13.6. The number of hydrogen-bond donors (Lipinski definition) is 3. The number of carbonyl (C=O) groups is 2. The average Bonchev–Trinajstić information content (AvgIpc) is 2.64. The Hall–Kier alpha value is -2.90. The highest BCUT2D eigenvalue weighted by Gasteiger charge is 2.20. The molecule has 0 heterocycles. The van der Waals surface area contributed by atoms with Crippen molar-refractivity contribution in [3.8, 4) is 0 Å². The minimum atomic E-state index is -1.19. The van der Waals surface area contributed by atoms with Crippen molar-refractivity contribution in [1.82, 2.24) is 10.8 Å². The topological polar surface area (TPSA) is 96.9 Å². The van der Waals surface area contributed by atoms with E-state index in [0.29, 0.717) is 0 Å². The van der Waals surface area contributed by atoms with Crippen LogP contribution in [-0.4, -0.2) is 29.8 Å². The van der Waals surface area contributed by atoms with Crippen LogP contribution in [0.15, 0.2) is 60.7 Å². The van der Waals surface area contributed by atoms with Crippen molar-refractivity contribution >= 4 is 12.1 Å². The molecular weight excluding hydrogens is 324 g/mol. The van der Waals surface area contributed by atoms with Crippen LogP contribution in [-0.2, 0) is 27.6 Å². The summed E-state index contributed by atoms with van der Waals surface area (Å²) in [5.41, 5.74) is 4.30. The molecule has 1 unspecified atom stereocenters. The number of amides is 1. The number of hydroxylamine groups is 1. The SMILES string of the molecule is O=C(NC(CNOCc1ccccc1)C(=O)O)OCc1ccccc1. The zero-order valence-corrected chi connectivity index (χ0v) is 13.6. The van der Waals surface area contributed by atoms with Gasteiger partial charge in [-0.2, -0.15) is 5.48 Å². The Balaban J connectivity index is 1.70. The lowest BCUT2D eigenvalue weighted by Gasteiger charge is -2.15. The van der Waals surface area contributed by atoms with Gasteiger partial charge in [0.05, 0.1) is 13.2 Å². The first-order valence-electron chi connectivity index (χ1n) is 7.74. The molecule has 7 nitrogen and oxygen atoms in total. The molecule has 0 aliphatic rings. The molecule has 0 bridgehead atoms. The first-order chi connectivity index (χ1) is 12.1. The van der Waals surface area contributed by atoms with Crippen molar-refractivity contribution in [3.63, 3.8) is 0 Å². The van der Waals surface area contributed by atoms with Gasteiger partial charge in [-0.3, -0.25) is 4.84 Å². The Bertz CT molecular complexity index is 664. The molecule has 1 atom stereocenters. The van der Waals surface area contributed by atoms with E-state index in [1.165, 1.54) is 0 Å². The summed E-state index contributed by atoms with van der Waals surface area (Å²) in [7, 11) is 0. The molecule has 0 fully saturated rings. The fourth-order valence-corrected chi connectivity index (χ4v) is 1.96. The van der Waals surface area contributed by atoms with E-state index in [2.05, 4.69) is 10.8 Å². The number of hydrogen-bond acceptors (Lipinski definition) is 5. The van der Waals surface area contributed by atoms with Gasteiger partial charge in [-0.1, -0.05) is 60.7 Å². The average molecular weight is 344 g/mol. The molecule has 0 aliphatic carbocycles. The number of aliphatic carboxylic acids is 1. The molecule has 0 saturated carbocycles. The minimum absolute atomic E-state index is 0.0664. The van der Waals surface area contributed by atoms with Crippen molar-refractivity contribution in [1.29, 1.82) is 0 Å². The lowest BCUT2D eigenvalue weighted by atomic mass is 10.2. The normalized spacial score (nSPS) is 11.5. The Morgan fingerprint density at radius 3 is 2.04 bits per heavy atom. The van der Waals surface area contributed by atoms with E-state index >= 15 is 0 Å². The van der Waals surface area contributed by atoms with Crippen molar-refractivity contribution in [2.24, 2.45) is 0 Å². The molecule has 0 aromatic heterocycles. The van der Waals surface area contributed by atoms with Gasteiger partial charge in [-0.25, -0.2) is 9.59 Å². The van der Waals surface area contributed by atoms with Gasteiger partial charge in [0.15, 0.2) is 0 Å². The molecule has 2 aromatic rings. The summed E-state index contributed by atoms with van der Waals surface area (Å²) >= 11 is 0. The standard InChI is InChI=1S/C18H20N2O5/c21-17(22)16(11-19-25-13-15-9-5-2-6-10-15)20-18(23)24-12-14-7-3-1-4-8-14/h1-10,16,19H,11-13H2,(H,20,23)(H,21,22). The van der Waals surface area contributed by atoms with Crippen molar-refractivity contribution < 1.29 is 24.3 Å². The van der Waals surface area contributed by atoms with Crippen LogP contribution in [0.5, 0.6) is 0 Å². The number of carbonyl (C=O) groups excluding carboxylic acids is 1. The van der Waals surface area contributed by atoms with Gasteiger partial charge in [-0.15, -0.1) is 0 Å². The molecule has 3 N–H and O–H groups in total. The number of rotatable bonds is 9. The number of nitrogens with one attached hydrogen (secondary N) is 2. The van der Waals surface area contributed by atoms with Crippen LogP contribution >= 0.6 is 0 Å². The largest absolute Gasteiger partial charge is 0.480 e. The van der Waals surface area contributed by atoms with E-state index in [1.807, 2.05) is 48.5 Å². The van der Waals surface area contributed by atoms with Crippen molar-refractivity contribution in [2.45, 2.75) is 19.3 Å². The molecule has 0 saturated heterocycles. The first kappa shape index (κ1) is 18.4. The van der Waals surface area contributed by atoms with Crippen molar-refractivity contribution in [2.75, 3.05) is 6.54 Å². The molecule has 7 heteroatoms. The minimum Gasteiger partial charge on any atom is -0.480 e. The number of carboxylic acids is 1. The quantitative estimate of drug-likeness (QED) is 0.476. The lowest BCUT2D eigenvalue weighted by Crippen LogP contribution is -2.47. The van der Waals surface area contributed by atoms with E-state index in [9.17, 15) is 9.59 Å². The molecule has 0 aliphatic heterocycles. The Kier molecular flexibility index (Phi) is 7.42. The van der Waals surface area contributed by atoms with Crippen LogP contribution < -0.4 is 10.8 Å². The second kappa shape index (κ2) is 10.1.